The highest BCUT2D eigenvalue weighted by Gasteiger charge is 2.25. The maximum absolute atomic E-state index is 14.0. The van der Waals surface area contributed by atoms with Crippen molar-refractivity contribution in [1.29, 1.82) is 0 Å². The molecule has 0 saturated carbocycles. The van der Waals surface area contributed by atoms with Crippen LogP contribution in [0.4, 0.5) is 8.78 Å². The number of aryl methyl sites for hydroxylation is 1. The van der Waals surface area contributed by atoms with E-state index < -0.39 is 29.7 Å². The van der Waals surface area contributed by atoms with Gasteiger partial charge in [-0.15, -0.1) is 0 Å². The summed E-state index contributed by atoms with van der Waals surface area (Å²) >= 11 is 0. The number of likely N-dealkylation sites (N-methyl/N-ethyl adjacent to an activating group) is 1. The molecule has 43 heavy (non-hydrogen) atoms. The van der Waals surface area contributed by atoms with Crippen molar-refractivity contribution < 1.29 is 28.3 Å². The fraction of sp³-hybridized carbons (Fsp3) is 0.545. The summed E-state index contributed by atoms with van der Waals surface area (Å²) in [6.07, 6.45) is 0.678. The minimum atomic E-state index is -1.13. The van der Waals surface area contributed by atoms with Gasteiger partial charge in [0.2, 0.25) is 5.91 Å². The molecule has 2 rings (SSSR count). The lowest BCUT2D eigenvalue weighted by Crippen LogP contribution is -2.49. The van der Waals surface area contributed by atoms with Gasteiger partial charge in [0.1, 0.15) is 11.6 Å². The third-order valence-electron chi connectivity index (χ3n) is 6.95. The Morgan fingerprint density at radius 3 is 2.09 bits per heavy atom. The number of carbonyl (C=O) groups excluding carboxylic acids is 3. The third kappa shape index (κ3) is 12.4. The number of nitrogens with one attached hydrogen (secondary N) is 2. The highest BCUT2D eigenvalue weighted by Crippen LogP contribution is 2.16. The van der Waals surface area contributed by atoms with E-state index in [1.807, 2.05) is 27.7 Å². The molecule has 0 aliphatic rings. The second-order valence-corrected chi connectivity index (χ2v) is 11.7. The Labute approximate surface area is 254 Å². The predicted molar refractivity (Wildman–Crippen MR) is 165 cm³/mol. The zero-order valence-electron chi connectivity index (χ0n) is 26.4. The van der Waals surface area contributed by atoms with Gasteiger partial charge in [-0.2, -0.15) is 0 Å². The van der Waals surface area contributed by atoms with Crippen LogP contribution in [0, 0.1) is 24.5 Å². The Hall–Kier alpha value is -3.37. The molecule has 0 aliphatic carbocycles. The summed E-state index contributed by atoms with van der Waals surface area (Å²) in [5.74, 6) is -1.97. The topological polar surface area (TPSA) is 102 Å². The minimum absolute atomic E-state index is 0.0390. The highest BCUT2D eigenvalue weighted by molar-refractivity contribution is 6.00. The molecule has 0 unspecified atom stereocenters. The van der Waals surface area contributed by atoms with E-state index in [9.17, 15) is 28.3 Å². The SMILES string of the molecule is CCCN(CCC)C(=O)c1cc(C)cc(C(=O)N[C@@H](Cc2cc(F)cc(F)c2)[C@H](O)CN(C)CCC(=O)NCC(C)C)c1. The molecule has 0 saturated heterocycles. The summed E-state index contributed by atoms with van der Waals surface area (Å²) in [7, 11) is 1.75. The van der Waals surface area contributed by atoms with Gasteiger partial charge >= 0.3 is 0 Å². The van der Waals surface area contributed by atoms with E-state index in [4.69, 9.17) is 0 Å². The molecule has 0 bridgehead atoms. The van der Waals surface area contributed by atoms with Gasteiger partial charge in [0.15, 0.2) is 0 Å². The number of aliphatic hydroxyl groups is 1. The maximum Gasteiger partial charge on any atom is 0.253 e. The average molecular weight is 603 g/mol. The molecule has 0 aromatic heterocycles. The molecule has 2 aromatic carbocycles. The first kappa shape index (κ1) is 35.8. The lowest BCUT2D eigenvalue weighted by Gasteiger charge is -2.28. The van der Waals surface area contributed by atoms with Crippen molar-refractivity contribution in [3.63, 3.8) is 0 Å². The molecule has 2 atom stereocenters. The van der Waals surface area contributed by atoms with E-state index in [0.29, 0.717) is 37.7 Å². The van der Waals surface area contributed by atoms with Gasteiger partial charge in [0.25, 0.3) is 11.8 Å². The van der Waals surface area contributed by atoms with Gasteiger partial charge < -0.3 is 25.5 Å². The molecule has 3 amide bonds. The smallest absolute Gasteiger partial charge is 0.253 e. The molecular weight excluding hydrogens is 554 g/mol. The molecular formula is C33H48F2N4O4. The lowest BCUT2D eigenvalue weighted by atomic mass is 9.99. The van der Waals surface area contributed by atoms with Gasteiger partial charge in [-0.1, -0.05) is 27.7 Å². The fourth-order valence-corrected chi connectivity index (χ4v) is 4.83. The summed E-state index contributed by atoms with van der Waals surface area (Å²) in [5, 5.41) is 16.9. The van der Waals surface area contributed by atoms with Crippen LogP contribution in [0.5, 0.6) is 0 Å². The molecule has 3 N–H and O–H groups in total. The van der Waals surface area contributed by atoms with Gasteiger partial charge in [-0.05, 0) is 80.6 Å². The largest absolute Gasteiger partial charge is 0.390 e. The number of nitrogens with zero attached hydrogens (tertiary/aromatic N) is 2. The Morgan fingerprint density at radius 1 is 0.907 bits per heavy atom. The van der Waals surface area contributed by atoms with Crippen molar-refractivity contribution in [2.24, 2.45) is 5.92 Å². The first-order valence-corrected chi connectivity index (χ1v) is 15.1. The molecule has 0 radical (unpaired) electrons. The lowest BCUT2D eigenvalue weighted by molar-refractivity contribution is -0.121. The standard InChI is InChI=1S/C33H48F2N4O4/c1-7-10-39(11-8-2)33(43)26-14-23(5)13-25(18-26)32(42)37-29(17-24-15-27(34)19-28(35)16-24)30(40)21-38(6)12-9-31(41)36-20-22(3)4/h13-16,18-19,22,29-30,40H,7-12,17,20-21H2,1-6H3,(H,36,41)(H,37,42)/t29-,30+/m0/s1. The van der Waals surface area contributed by atoms with Crippen LogP contribution in [0.2, 0.25) is 0 Å². The summed E-state index contributed by atoms with van der Waals surface area (Å²) in [4.78, 5) is 42.4. The normalized spacial score (nSPS) is 12.7. The monoisotopic (exact) mass is 602 g/mol. The number of hydrogen-bond acceptors (Lipinski definition) is 5. The first-order valence-electron chi connectivity index (χ1n) is 15.1. The Kier molecular flexibility index (Phi) is 14.7. The van der Waals surface area contributed by atoms with E-state index in [2.05, 4.69) is 10.6 Å². The molecule has 2 aromatic rings. The first-order chi connectivity index (χ1) is 20.3. The Bertz CT molecular complexity index is 1200. The fourth-order valence-electron chi connectivity index (χ4n) is 4.83. The zero-order valence-corrected chi connectivity index (χ0v) is 26.4. The van der Waals surface area contributed by atoms with E-state index in [0.717, 1.165) is 36.6 Å². The minimum Gasteiger partial charge on any atom is -0.390 e. The number of amides is 3. The van der Waals surface area contributed by atoms with E-state index >= 15 is 0 Å². The van der Waals surface area contributed by atoms with Crippen LogP contribution in [0.1, 0.15) is 78.8 Å². The molecule has 10 heteroatoms. The quantitative estimate of drug-likeness (QED) is 0.250. The van der Waals surface area contributed by atoms with Crippen molar-refractivity contribution in [1.82, 2.24) is 20.4 Å². The van der Waals surface area contributed by atoms with Gasteiger partial charge in [-0.3, -0.25) is 14.4 Å². The predicted octanol–water partition coefficient (Wildman–Crippen LogP) is 4.33. The van der Waals surface area contributed by atoms with Gasteiger partial charge in [0.05, 0.1) is 12.1 Å². The van der Waals surface area contributed by atoms with Crippen LogP contribution in [0.25, 0.3) is 0 Å². The summed E-state index contributed by atoms with van der Waals surface area (Å²) in [6.45, 7) is 12.1. The molecule has 0 aliphatic heterocycles. The molecule has 8 nitrogen and oxygen atoms in total. The summed E-state index contributed by atoms with van der Waals surface area (Å²) in [6, 6.07) is 7.11. The second-order valence-electron chi connectivity index (χ2n) is 11.7. The number of aliphatic hydroxyl groups excluding tert-OH is 1. The third-order valence-corrected chi connectivity index (χ3v) is 6.95. The number of benzene rings is 2. The zero-order chi connectivity index (χ0) is 32.1. The number of carbonyl (C=O) groups is 3. The molecule has 238 valence electrons. The molecule has 0 heterocycles. The summed E-state index contributed by atoms with van der Waals surface area (Å²) < 4.78 is 27.9. The Morgan fingerprint density at radius 2 is 1.51 bits per heavy atom. The van der Waals surface area contributed by atoms with Crippen LogP contribution in [-0.4, -0.2) is 84.5 Å². The molecule has 0 fully saturated rings. The van der Waals surface area contributed by atoms with Crippen molar-refractivity contribution in [3.05, 3.63) is 70.3 Å². The number of halogens is 2. The van der Waals surface area contributed by atoms with Crippen LogP contribution < -0.4 is 10.6 Å². The van der Waals surface area contributed by atoms with Crippen LogP contribution in [0.3, 0.4) is 0 Å². The average Bonchev–Trinajstić information content (AvgIpc) is 2.93. The van der Waals surface area contributed by atoms with Crippen LogP contribution >= 0.6 is 0 Å². The Balaban J connectivity index is 2.25. The van der Waals surface area contributed by atoms with E-state index in [1.54, 1.807) is 35.9 Å². The van der Waals surface area contributed by atoms with Crippen molar-refractivity contribution in [3.8, 4) is 0 Å². The number of rotatable bonds is 17. The van der Waals surface area contributed by atoms with Gasteiger partial charge in [0, 0.05) is 56.3 Å². The van der Waals surface area contributed by atoms with Gasteiger partial charge in [-0.25, -0.2) is 8.78 Å². The van der Waals surface area contributed by atoms with Crippen LogP contribution in [-0.2, 0) is 11.2 Å². The number of hydrogen-bond donors (Lipinski definition) is 3. The summed E-state index contributed by atoms with van der Waals surface area (Å²) in [5.41, 5.74) is 1.64. The second kappa shape index (κ2) is 17.7. The van der Waals surface area contributed by atoms with Crippen molar-refractivity contribution in [2.45, 2.75) is 72.4 Å². The highest BCUT2D eigenvalue weighted by atomic mass is 19.1. The molecule has 0 spiro atoms. The van der Waals surface area contributed by atoms with Crippen molar-refractivity contribution in [2.75, 3.05) is 39.8 Å². The maximum atomic E-state index is 14.0. The van der Waals surface area contributed by atoms with E-state index in [1.165, 1.54) is 6.07 Å². The van der Waals surface area contributed by atoms with Crippen LogP contribution in [0.15, 0.2) is 36.4 Å². The van der Waals surface area contributed by atoms with Crippen molar-refractivity contribution >= 4 is 17.7 Å². The van der Waals surface area contributed by atoms with E-state index in [-0.39, 0.29) is 42.3 Å².